The summed E-state index contributed by atoms with van der Waals surface area (Å²) < 4.78 is 6.40. The van der Waals surface area contributed by atoms with E-state index < -0.39 is 0 Å². The van der Waals surface area contributed by atoms with Gasteiger partial charge in [-0.1, -0.05) is 34.1 Å². The van der Waals surface area contributed by atoms with Crippen LogP contribution in [0.5, 0.6) is 5.75 Å². The van der Waals surface area contributed by atoms with Gasteiger partial charge in [-0.3, -0.25) is 0 Å². The fourth-order valence-corrected chi connectivity index (χ4v) is 4.40. The van der Waals surface area contributed by atoms with Crippen LogP contribution in [0.3, 0.4) is 0 Å². The van der Waals surface area contributed by atoms with Gasteiger partial charge in [-0.25, -0.2) is 0 Å². The van der Waals surface area contributed by atoms with Gasteiger partial charge in [0.25, 0.3) is 0 Å². The van der Waals surface area contributed by atoms with Crippen molar-refractivity contribution >= 4 is 27.7 Å². The summed E-state index contributed by atoms with van der Waals surface area (Å²) in [4.78, 5) is 1.38. The molecule has 2 atom stereocenters. The first-order valence-electron chi connectivity index (χ1n) is 7.00. The molecule has 0 spiro atoms. The van der Waals surface area contributed by atoms with Crippen LogP contribution in [0, 0.1) is 0 Å². The van der Waals surface area contributed by atoms with Crippen LogP contribution >= 0.6 is 27.7 Å². The predicted molar refractivity (Wildman–Crippen MR) is 92.2 cm³/mol. The summed E-state index contributed by atoms with van der Waals surface area (Å²) in [6.45, 7) is 0. The van der Waals surface area contributed by atoms with Crippen molar-refractivity contribution in [3.63, 3.8) is 0 Å². The van der Waals surface area contributed by atoms with Gasteiger partial charge in [0, 0.05) is 20.7 Å². The minimum absolute atomic E-state index is 0.130. The van der Waals surface area contributed by atoms with Crippen molar-refractivity contribution in [1.29, 1.82) is 0 Å². The van der Waals surface area contributed by atoms with E-state index in [0.717, 1.165) is 23.1 Å². The SMILES string of the molecule is COc1ccc(Br)c(CC(N)C2Cc3ccccc3S2)c1. The van der Waals surface area contributed by atoms with Crippen molar-refractivity contribution < 1.29 is 4.74 Å². The molecule has 3 rings (SSSR count). The van der Waals surface area contributed by atoms with Gasteiger partial charge in [-0.15, -0.1) is 11.8 Å². The van der Waals surface area contributed by atoms with Gasteiger partial charge < -0.3 is 10.5 Å². The monoisotopic (exact) mass is 363 g/mol. The highest BCUT2D eigenvalue weighted by molar-refractivity contribution is 9.10. The van der Waals surface area contributed by atoms with Crippen LogP contribution in [0.4, 0.5) is 0 Å². The summed E-state index contributed by atoms with van der Waals surface area (Å²) in [6, 6.07) is 14.8. The van der Waals surface area contributed by atoms with E-state index in [0.29, 0.717) is 5.25 Å². The second-order valence-electron chi connectivity index (χ2n) is 5.29. The maximum Gasteiger partial charge on any atom is 0.119 e. The Kier molecular flexibility index (Phi) is 4.57. The smallest absolute Gasteiger partial charge is 0.119 e. The first-order chi connectivity index (χ1) is 10.2. The molecule has 2 nitrogen and oxygen atoms in total. The summed E-state index contributed by atoms with van der Waals surface area (Å²) in [5.41, 5.74) is 9.10. The first-order valence-corrected chi connectivity index (χ1v) is 8.67. The van der Waals surface area contributed by atoms with Crippen molar-refractivity contribution in [2.45, 2.75) is 29.0 Å². The third-order valence-corrected chi connectivity index (χ3v) is 6.10. The van der Waals surface area contributed by atoms with E-state index in [4.69, 9.17) is 10.5 Å². The lowest BCUT2D eigenvalue weighted by Gasteiger charge is -2.19. The number of hydrogen-bond acceptors (Lipinski definition) is 3. The number of thioether (sulfide) groups is 1. The molecule has 2 N–H and O–H groups in total. The second kappa shape index (κ2) is 6.42. The van der Waals surface area contributed by atoms with Gasteiger partial charge in [0.1, 0.15) is 5.75 Å². The molecule has 0 saturated heterocycles. The molecular weight excluding hydrogens is 346 g/mol. The molecule has 110 valence electrons. The zero-order chi connectivity index (χ0) is 14.8. The quantitative estimate of drug-likeness (QED) is 0.889. The van der Waals surface area contributed by atoms with Crippen LogP contribution in [0.15, 0.2) is 51.8 Å². The molecule has 1 aliphatic rings. The van der Waals surface area contributed by atoms with Crippen LogP contribution in [0.1, 0.15) is 11.1 Å². The number of ether oxygens (including phenoxy) is 1. The topological polar surface area (TPSA) is 35.2 Å². The number of rotatable bonds is 4. The summed E-state index contributed by atoms with van der Waals surface area (Å²) >= 11 is 5.51. The number of methoxy groups -OCH3 is 1. The molecule has 2 aromatic carbocycles. The minimum Gasteiger partial charge on any atom is -0.497 e. The Bertz CT molecular complexity index is 621. The number of benzene rings is 2. The van der Waals surface area contributed by atoms with Crippen molar-refractivity contribution in [2.24, 2.45) is 5.73 Å². The molecule has 4 heteroatoms. The highest BCUT2D eigenvalue weighted by Gasteiger charge is 2.27. The lowest BCUT2D eigenvalue weighted by Crippen LogP contribution is -2.34. The molecule has 0 saturated carbocycles. The van der Waals surface area contributed by atoms with Crippen molar-refractivity contribution in [3.8, 4) is 5.75 Å². The van der Waals surface area contributed by atoms with Crippen molar-refractivity contribution in [2.75, 3.05) is 7.11 Å². The third-order valence-electron chi connectivity index (χ3n) is 3.86. The van der Waals surface area contributed by atoms with Gasteiger partial charge in [0.05, 0.1) is 7.11 Å². The van der Waals surface area contributed by atoms with Crippen LogP contribution in [-0.2, 0) is 12.8 Å². The van der Waals surface area contributed by atoms with Crippen LogP contribution in [0.2, 0.25) is 0 Å². The Morgan fingerprint density at radius 2 is 2.14 bits per heavy atom. The molecule has 0 aliphatic carbocycles. The van der Waals surface area contributed by atoms with Gasteiger partial charge in [0.2, 0.25) is 0 Å². The summed E-state index contributed by atoms with van der Waals surface area (Å²) in [6.07, 6.45) is 1.91. The zero-order valence-corrected chi connectivity index (χ0v) is 14.3. The summed E-state index contributed by atoms with van der Waals surface area (Å²) in [7, 11) is 1.69. The maximum atomic E-state index is 6.47. The standard InChI is InChI=1S/C17H18BrNOS/c1-20-13-6-7-14(18)12(8-13)9-15(19)17-10-11-4-2-3-5-16(11)21-17/h2-8,15,17H,9-10,19H2,1H3. The largest absolute Gasteiger partial charge is 0.497 e. The zero-order valence-electron chi connectivity index (χ0n) is 11.9. The highest BCUT2D eigenvalue weighted by Crippen LogP contribution is 2.38. The minimum atomic E-state index is 0.130. The fourth-order valence-electron chi connectivity index (χ4n) is 2.67. The van der Waals surface area contributed by atoms with Crippen LogP contribution in [-0.4, -0.2) is 18.4 Å². The average molecular weight is 364 g/mol. The van der Waals surface area contributed by atoms with E-state index in [1.807, 2.05) is 23.9 Å². The molecule has 1 aliphatic heterocycles. The number of halogens is 1. The molecule has 1 heterocycles. The maximum absolute atomic E-state index is 6.47. The van der Waals surface area contributed by atoms with E-state index in [9.17, 15) is 0 Å². The van der Waals surface area contributed by atoms with Gasteiger partial charge >= 0.3 is 0 Å². The normalized spacial score (nSPS) is 18.3. The van der Waals surface area contributed by atoms with E-state index >= 15 is 0 Å². The van der Waals surface area contributed by atoms with Crippen molar-refractivity contribution in [3.05, 3.63) is 58.1 Å². The van der Waals surface area contributed by atoms with E-state index in [2.05, 4.69) is 46.3 Å². The first kappa shape index (κ1) is 14.9. The summed E-state index contributed by atoms with van der Waals surface area (Å²) in [5, 5.41) is 0.445. The Morgan fingerprint density at radius 1 is 1.33 bits per heavy atom. The lowest BCUT2D eigenvalue weighted by molar-refractivity contribution is 0.414. The van der Waals surface area contributed by atoms with E-state index in [1.165, 1.54) is 16.0 Å². The molecule has 2 aromatic rings. The van der Waals surface area contributed by atoms with E-state index in [1.54, 1.807) is 7.11 Å². The Morgan fingerprint density at radius 3 is 2.90 bits per heavy atom. The molecule has 21 heavy (non-hydrogen) atoms. The summed E-state index contributed by atoms with van der Waals surface area (Å²) in [5.74, 6) is 0.878. The average Bonchev–Trinajstić information content (AvgIpc) is 2.93. The molecule has 0 fully saturated rings. The Hall–Kier alpha value is -0.970. The molecule has 2 unspecified atom stereocenters. The Labute approximate surface area is 138 Å². The molecule has 0 radical (unpaired) electrons. The predicted octanol–water partition coefficient (Wildman–Crippen LogP) is 4.04. The number of fused-ring (bicyclic) bond motifs is 1. The number of nitrogens with two attached hydrogens (primary N) is 1. The molecule has 0 bridgehead atoms. The van der Waals surface area contributed by atoms with Crippen LogP contribution < -0.4 is 10.5 Å². The van der Waals surface area contributed by atoms with Crippen LogP contribution in [0.25, 0.3) is 0 Å². The van der Waals surface area contributed by atoms with E-state index in [-0.39, 0.29) is 6.04 Å². The number of hydrogen-bond donors (Lipinski definition) is 1. The second-order valence-corrected chi connectivity index (χ2v) is 7.43. The Balaban J connectivity index is 1.72. The lowest BCUT2D eigenvalue weighted by atomic mass is 9.99. The van der Waals surface area contributed by atoms with Gasteiger partial charge in [0.15, 0.2) is 0 Å². The molecule has 0 amide bonds. The molecular formula is C17H18BrNOS. The van der Waals surface area contributed by atoms with Gasteiger partial charge in [-0.05, 0) is 48.2 Å². The molecule has 0 aromatic heterocycles. The highest BCUT2D eigenvalue weighted by atomic mass is 79.9. The fraction of sp³-hybridized carbons (Fsp3) is 0.294. The van der Waals surface area contributed by atoms with Crippen molar-refractivity contribution in [1.82, 2.24) is 0 Å². The van der Waals surface area contributed by atoms with Gasteiger partial charge in [-0.2, -0.15) is 0 Å². The third kappa shape index (κ3) is 3.28.